The van der Waals surface area contributed by atoms with E-state index in [4.69, 9.17) is 0 Å². The third-order valence-electron chi connectivity index (χ3n) is 8.84. The lowest BCUT2D eigenvalue weighted by molar-refractivity contribution is -0.178. The molecule has 34 heavy (non-hydrogen) atoms. The van der Waals surface area contributed by atoms with Crippen LogP contribution < -0.4 is 10.6 Å². The first kappa shape index (κ1) is 21.6. The number of hydrogen-bond acceptors (Lipinski definition) is 4. The number of piperidine rings is 1. The molecule has 6 nitrogen and oxygen atoms in total. The van der Waals surface area contributed by atoms with Crippen LogP contribution in [0.1, 0.15) is 47.9 Å². The van der Waals surface area contributed by atoms with Crippen LogP contribution in [0, 0.1) is 6.92 Å². The molecule has 2 aromatic rings. The number of benzene rings is 2. The molecule has 6 rings (SSSR count). The van der Waals surface area contributed by atoms with Crippen LogP contribution in [0.15, 0.2) is 54.6 Å². The van der Waals surface area contributed by atoms with Crippen molar-refractivity contribution in [3.05, 3.63) is 76.9 Å². The van der Waals surface area contributed by atoms with E-state index in [0.29, 0.717) is 19.3 Å². The second-order valence-electron chi connectivity index (χ2n) is 10.6. The maximum Gasteiger partial charge on any atom is 0.322 e. The average molecular weight is 458 g/mol. The van der Waals surface area contributed by atoms with Gasteiger partial charge < -0.3 is 10.4 Å². The number of rotatable bonds is 3. The van der Waals surface area contributed by atoms with Gasteiger partial charge in [0.05, 0.1) is 5.60 Å². The number of hydrogen-bond donors (Lipinski definition) is 3. The van der Waals surface area contributed by atoms with Crippen molar-refractivity contribution in [1.29, 1.82) is 0 Å². The number of carbonyl (C=O) groups is 2. The smallest absolute Gasteiger partial charge is 0.322 e. The molecule has 2 saturated heterocycles. The molecule has 2 aromatic carbocycles. The molecule has 2 aliphatic carbocycles. The Morgan fingerprint density at radius 2 is 1.94 bits per heavy atom. The fourth-order valence-corrected chi connectivity index (χ4v) is 7.20. The van der Waals surface area contributed by atoms with E-state index < -0.39 is 22.6 Å². The van der Waals surface area contributed by atoms with Crippen LogP contribution in [0.25, 0.3) is 6.08 Å². The molecule has 6 heteroatoms. The summed E-state index contributed by atoms with van der Waals surface area (Å²) in [6, 6.07) is 16.3. The molecule has 4 atom stereocenters. The molecule has 1 saturated carbocycles. The zero-order chi connectivity index (χ0) is 23.6. The number of likely N-dealkylation sites (tertiary alicyclic amines) is 1. The Morgan fingerprint density at radius 1 is 1.12 bits per heavy atom. The summed E-state index contributed by atoms with van der Waals surface area (Å²) in [7, 11) is 0. The number of aryl methyl sites for hydroxylation is 1. The van der Waals surface area contributed by atoms with E-state index >= 15 is 0 Å². The second-order valence-corrected chi connectivity index (χ2v) is 10.6. The van der Waals surface area contributed by atoms with Gasteiger partial charge in [-0.05, 0) is 62.3 Å². The number of urea groups is 1. The van der Waals surface area contributed by atoms with Crippen molar-refractivity contribution >= 4 is 18.0 Å². The van der Waals surface area contributed by atoms with Crippen molar-refractivity contribution in [1.82, 2.24) is 15.5 Å². The highest BCUT2D eigenvalue weighted by molar-refractivity contribution is 6.07. The normalized spacial score (nSPS) is 34.6. The predicted octanol–water partition coefficient (Wildman–Crippen LogP) is 3.07. The molecule has 0 aromatic heterocycles. The maximum atomic E-state index is 12.9. The van der Waals surface area contributed by atoms with Crippen molar-refractivity contribution in [3.8, 4) is 0 Å². The van der Waals surface area contributed by atoms with Crippen LogP contribution in [0.2, 0.25) is 0 Å². The van der Waals surface area contributed by atoms with Gasteiger partial charge in [0, 0.05) is 18.0 Å². The predicted molar refractivity (Wildman–Crippen MR) is 130 cm³/mol. The van der Waals surface area contributed by atoms with Gasteiger partial charge in [0.15, 0.2) is 0 Å². The highest BCUT2D eigenvalue weighted by Crippen LogP contribution is 2.60. The fourth-order valence-electron chi connectivity index (χ4n) is 7.20. The zero-order valence-corrected chi connectivity index (χ0v) is 19.5. The summed E-state index contributed by atoms with van der Waals surface area (Å²) in [5, 5.41) is 17.9. The number of carbonyl (C=O) groups excluding carboxylic acids is 2. The molecule has 3 fully saturated rings. The fraction of sp³-hybridized carbons (Fsp3) is 0.429. The molecule has 2 aliphatic heterocycles. The summed E-state index contributed by atoms with van der Waals surface area (Å²) < 4.78 is 0. The first-order chi connectivity index (χ1) is 16.4. The minimum Gasteiger partial charge on any atom is -0.387 e. The molecule has 1 spiro atoms. The van der Waals surface area contributed by atoms with E-state index in [0.717, 1.165) is 31.5 Å². The van der Waals surface area contributed by atoms with Crippen LogP contribution in [0.4, 0.5) is 4.79 Å². The summed E-state index contributed by atoms with van der Waals surface area (Å²) in [5.41, 5.74) is 2.27. The van der Waals surface area contributed by atoms with Gasteiger partial charge in [-0.25, -0.2) is 4.79 Å². The number of nitrogens with zero attached hydrogens (tertiary/aromatic N) is 1. The van der Waals surface area contributed by atoms with E-state index in [-0.39, 0.29) is 11.9 Å². The van der Waals surface area contributed by atoms with E-state index in [2.05, 4.69) is 64.9 Å². The lowest BCUT2D eigenvalue weighted by atomic mass is 9.46. The van der Waals surface area contributed by atoms with Crippen LogP contribution in [0.5, 0.6) is 0 Å². The molecular weight excluding hydrogens is 426 g/mol. The van der Waals surface area contributed by atoms with Gasteiger partial charge in [-0.2, -0.15) is 0 Å². The van der Waals surface area contributed by atoms with E-state index in [1.165, 1.54) is 16.7 Å². The van der Waals surface area contributed by atoms with Gasteiger partial charge in [0.25, 0.3) is 5.91 Å². The first-order valence-corrected chi connectivity index (χ1v) is 12.3. The van der Waals surface area contributed by atoms with Gasteiger partial charge in [-0.15, -0.1) is 0 Å². The molecule has 4 aliphatic rings. The van der Waals surface area contributed by atoms with Crippen molar-refractivity contribution in [2.45, 2.75) is 61.6 Å². The first-order valence-electron chi connectivity index (χ1n) is 12.3. The Kier molecular flexibility index (Phi) is 4.77. The maximum absolute atomic E-state index is 12.9. The lowest BCUT2D eigenvalue weighted by Gasteiger charge is -2.65. The summed E-state index contributed by atoms with van der Waals surface area (Å²) >= 11 is 0. The van der Waals surface area contributed by atoms with E-state index in [1.807, 2.05) is 18.2 Å². The highest BCUT2D eigenvalue weighted by Gasteiger charge is 2.69. The lowest BCUT2D eigenvalue weighted by Crippen LogP contribution is -2.76. The molecule has 176 valence electrons. The third kappa shape index (κ3) is 3.01. The Labute approximate surface area is 200 Å². The Morgan fingerprint density at radius 3 is 2.71 bits per heavy atom. The van der Waals surface area contributed by atoms with Gasteiger partial charge in [0.1, 0.15) is 5.54 Å². The highest BCUT2D eigenvalue weighted by atomic mass is 16.3. The molecule has 0 radical (unpaired) electrons. The minimum atomic E-state index is -0.953. The third-order valence-corrected chi connectivity index (χ3v) is 8.84. The monoisotopic (exact) mass is 457 g/mol. The SMILES string of the molecule is Cc1ccc2c(c1)[C@]13CCN(C/C=C/c4ccccc4)[C@H](C2)[C@]1(O)CC[C@@]1(C3)NC(=O)NC1=O. The molecule has 3 N–H and O–H groups in total. The van der Waals surface area contributed by atoms with E-state index in [1.54, 1.807) is 0 Å². The van der Waals surface area contributed by atoms with Crippen LogP contribution in [0.3, 0.4) is 0 Å². The Bertz CT molecular complexity index is 1190. The summed E-state index contributed by atoms with van der Waals surface area (Å²) in [5.74, 6) is -0.251. The summed E-state index contributed by atoms with van der Waals surface area (Å²) in [4.78, 5) is 27.4. The number of fused-ring (bicyclic) bond motifs is 1. The largest absolute Gasteiger partial charge is 0.387 e. The van der Waals surface area contributed by atoms with Crippen molar-refractivity contribution in [2.24, 2.45) is 0 Å². The van der Waals surface area contributed by atoms with E-state index in [9.17, 15) is 14.7 Å². The van der Waals surface area contributed by atoms with Crippen LogP contribution in [-0.4, -0.2) is 52.2 Å². The molecule has 0 unspecified atom stereocenters. The van der Waals surface area contributed by atoms with Gasteiger partial charge in [-0.3, -0.25) is 15.0 Å². The summed E-state index contributed by atoms with van der Waals surface area (Å²) in [6.07, 6.45) is 7.24. The molecule has 2 bridgehead atoms. The molecule has 3 amide bonds. The van der Waals surface area contributed by atoms with Gasteiger partial charge >= 0.3 is 6.03 Å². The van der Waals surface area contributed by atoms with Gasteiger partial charge in [-0.1, -0.05) is 66.2 Å². The summed E-state index contributed by atoms with van der Waals surface area (Å²) in [6.45, 7) is 3.68. The quantitative estimate of drug-likeness (QED) is 0.619. The Hall–Kier alpha value is -2.96. The number of aliphatic hydroxyl groups is 1. The number of nitrogens with one attached hydrogen (secondary N) is 2. The molecule has 2 heterocycles. The standard InChI is InChI=1S/C28H31N3O3/c1-19-9-10-21-17-23-28(34)12-11-27(24(32)29-25(33)30-27)18-26(28,22(21)16-19)13-15-31(23)14-5-8-20-6-3-2-4-7-20/h2-10,16,23,34H,11-15,17-18H2,1H3,(H2,29,30,32,33)/b8-5+/t23-,26-,27+,28-/m1/s1. The van der Waals surface area contributed by atoms with Gasteiger partial charge in [0.2, 0.25) is 0 Å². The topological polar surface area (TPSA) is 81.7 Å². The van der Waals surface area contributed by atoms with Crippen molar-refractivity contribution in [3.63, 3.8) is 0 Å². The van der Waals surface area contributed by atoms with Crippen LogP contribution in [-0.2, 0) is 16.6 Å². The average Bonchev–Trinajstić information content (AvgIpc) is 3.09. The Balaban J connectivity index is 1.39. The number of amides is 3. The minimum absolute atomic E-state index is 0.0330. The van der Waals surface area contributed by atoms with Crippen molar-refractivity contribution in [2.75, 3.05) is 13.1 Å². The van der Waals surface area contributed by atoms with Crippen molar-refractivity contribution < 1.29 is 14.7 Å². The molecular formula is C28H31N3O3. The van der Waals surface area contributed by atoms with Crippen LogP contribution >= 0.6 is 0 Å². The number of imide groups is 1. The zero-order valence-electron chi connectivity index (χ0n) is 19.5. The second kappa shape index (κ2) is 7.52.